The van der Waals surface area contributed by atoms with Crippen LogP contribution in [0, 0.1) is 5.82 Å². The number of hydrogen-bond donors (Lipinski definition) is 1. The van der Waals surface area contributed by atoms with Gasteiger partial charge in [-0.2, -0.15) is 0 Å². The average molecular weight is 276 g/mol. The molecule has 0 aliphatic rings. The summed E-state index contributed by atoms with van der Waals surface area (Å²) in [6, 6.07) is 10.6. The maximum Gasteiger partial charge on any atom is 0.336 e. The van der Waals surface area contributed by atoms with Crippen molar-refractivity contribution in [2.24, 2.45) is 0 Å². The number of carboxylic acid groups (broad SMARTS) is 1. The molecule has 2 rings (SSSR count). The molecule has 104 valence electrons. The number of hydrogen-bond acceptors (Lipinski definition) is 3. The van der Waals surface area contributed by atoms with Crippen LogP contribution in [0.2, 0.25) is 0 Å². The third-order valence-corrected chi connectivity index (χ3v) is 2.77. The van der Waals surface area contributed by atoms with Gasteiger partial charge in [-0.15, -0.1) is 0 Å². The molecule has 0 saturated carbocycles. The highest BCUT2D eigenvalue weighted by atomic mass is 19.1. The predicted molar refractivity (Wildman–Crippen MR) is 70.7 cm³/mol. The fourth-order valence-electron chi connectivity index (χ4n) is 1.72. The first kappa shape index (κ1) is 13.9. The van der Waals surface area contributed by atoms with Crippen molar-refractivity contribution in [1.29, 1.82) is 0 Å². The number of methoxy groups -OCH3 is 1. The van der Waals surface area contributed by atoms with E-state index < -0.39 is 11.8 Å². The third-order valence-electron chi connectivity index (χ3n) is 2.77. The fraction of sp³-hybridized carbons (Fsp3) is 0.133. The van der Waals surface area contributed by atoms with Crippen LogP contribution in [-0.4, -0.2) is 18.2 Å². The minimum absolute atomic E-state index is 0.0352. The molecule has 0 radical (unpaired) electrons. The lowest BCUT2D eigenvalue weighted by Gasteiger charge is -2.10. The van der Waals surface area contributed by atoms with Gasteiger partial charge in [0.15, 0.2) is 11.6 Å². The Morgan fingerprint density at radius 2 is 2.00 bits per heavy atom. The summed E-state index contributed by atoms with van der Waals surface area (Å²) in [5.41, 5.74) is 0.516. The molecule has 0 aromatic heterocycles. The van der Waals surface area contributed by atoms with Crippen molar-refractivity contribution in [1.82, 2.24) is 0 Å². The highest BCUT2D eigenvalue weighted by molar-refractivity contribution is 5.89. The molecule has 0 heterocycles. The molecule has 0 atom stereocenters. The summed E-state index contributed by atoms with van der Waals surface area (Å²) in [4.78, 5) is 11.2. The Labute approximate surface area is 115 Å². The first-order chi connectivity index (χ1) is 9.61. The Kier molecular flexibility index (Phi) is 4.20. The minimum atomic E-state index is -1.09. The number of benzene rings is 2. The second kappa shape index (κ2) is 6.06. The van der Waals surface area contributed by atoms with Crippen LogP contribution in [0.3, 0.4) is 0 Å². The summed E-state index contributed by atoms with van der Waals surface area (Å²) in [5, 5.41) is 9.15. The van der Waals surface area contributed by atoms with E-state index in [9.17, 15) is 9.18 Å². The molecule has 4 nitrogen and oxygen atoms in total. The van der Waals surface area contributed by atoms with Crippen LogP contribution >= 0.6 is 0 Å². The van der Waals surface area contributed by atoms with Crippen molar-refractivity contribution in [3.63, 3.8) is 0 Å². The van der Waals surface area contributed by atoms with E-state index in [1.54, 1.807) is 24.3 Å². The van der Waals surface area contributed by atoms with Gasteiger partial charge in [-0.3, -0.25) is 0 Å². The van der Waals surface area contributed by atoms with Gasteiger partial charge in [-0.05, 0) is 24.3 Å². The topological polar surface area (TPSA) is 55.8 Å². The van der Waals surface area contributed by atoms with Crippen molar-refractivity contribution >= 4 is 5.97 Å². The summed E-state index contributed by atoms with van der Waals surface area (Å²) in [6.07, 6.45) is 0. The standard InChI is InChI=1S/C15H13FO4/c1-19-11-7-6-10(12(8-11)15(17)18)9-20-14-5-3-2-4-13(14)16/h2-8H,9H2,1H3,(H,17,18). The molecule has 0 saturated heterocycles. The van der Waals surface area contributed by atoms with E-state index in [1.165, 1.54) is 25.3 Å². The zero-order valence-electron chi connectivity index (χ0n) is 10.8. The van der Waals surface area contributed by atoms with E-state index in [1.807, 2.05) is 0 Å². The number of para-hydroxylation sites is 1. The van der Waals surface area contributed by atoms with Crippen LogP contribution in [0.15, 0.2) is 42.5 Å². The van der Waals surface area contributed by atoms with Gasteiger partial charge in [-0.1, -0.05) is 18.2 Å². The summed E-state index contributed by atoms with van der Waals surface area (Å²) in [7, 11) is 1.45. The zero-order chi connectivity index (χ0) is 14.5. The Balaban J connectivity index is 2.21. The normalized spacial score (nSPS) is 10.1. The number of carbonyl (C=O) groups is 1. The van der Waals surface area contributed by atoms with Crippen LogP contribution in [0.4, 0.5) is 4.39 Å². The molecular formula is C15H13FO4. The Hall–Kier alpha value is -2.56. The monoisotopic (exact) mass is 276 g/mol. The van der Waals surface area contributed by atoms with E-state index >= 15 is 0 Å². The van der Waals surface area contributed by atoms with E-state index in [4.69, 9.17) is 14.6 Å². The highest BCUT2D eigenvalue weighted by Crippen LogP contribution is 2.21. The second-order valence-electron chi connectivity index (χ2n) is 4.05. The number of carboxylic acids is 1. The van der Waals surface area contributed by atoms with Gasteiger partial charge < -0.3 is 14.6 Å². The Morgan fingerprint density at radius 3 is 2.65 bits per heavy atom. The Morgan fingerprint density at radius 1 is 1.25 bits per heavy atom. The van der Waals surface area contributed by atoms with Gasteiger partial charge in [0.2, 0.25) is 0 Å². The third kappa shape index (κ3) is 3.06. The van der Waals surface area contributed by atoms with Crippen LogP contribution in [0.25, 0.3) is 0 Å². The summed E-state index contributed by atoms with van der Waals surface area (Å²) >= 11 is 0. The average Bonchev–Trinajstić information content (AvgIpc) is 2.46. The molecule has 5 heteroatoms. The van der Waals surface area contributed by atoms with Crippen LogP contribution < -0.4 is 9.47 Å². The lowest BCUT2D eigenvalue weighted by molar-refractivity contribution is 0.0693. The maximum atomic E-state index is 13.4. The SMILES string of the molecule is COc1ccc(COc2ccccc2F)c(C(=O)O)c1. The lowest BCUT2D eigenvalue weighted by atomic mass is 10.1. The molecule has 0 bridgehead atoms. The Bertz CT molecular complexity index is 625. The van der Waals surface area contributed by atoms with Crippen LogP contribution in [-0.2, 0) is 6.61 Å². The molecular weight excluding hydrogens is 263 g/mol. The molecule has 20 heavy (non-hydrogen) atoms. The van der Waals surface area contributed by atoms with Gasteiger partial charge in [0, 0.05) is 5.56 Å². The smallest absolute Gasteiger partial charge is 0.336 e. The highest BCUT2D eigenvalue weighted by Gasteiger charge is 2.12. The van der Waals surface area contributed by atoms with Crippen LogP contribution in [0.1, 0.15) is 15.9 Å². The molecule has 0 spiro atoms. The predicted octanol–water partition coefficient (Wildman–Crippen LogP) is 3.11. The van der Waals surface area contributed by atoms with Crippen molar-refractivity contribution < 1.29 is 23.8 Å². The first-order valence-electron chi connectivity index (χ1n) is 5.89. The van der Waals surface area contributed by atoms with Crippen molar-refractivity contribution in [3.8, 4) is 11.5 Å². The van der Waals surface area contributed by atoms with Crippen molar-refractivity contribution in [2.75, 3.05) is 7.11 Å². The fourth-order valence-corrected chi connectivity index (χ4v) is 1.72. The van der Waals surface area contributed by atoms with Gasteiger partial charge in [-0.25, -0.2) is 9.18 Å². The van der Waals surface area contributed by atoms with E-state index in [-0.39, 0.29) is 17.9 Å². The van der Waals surface area contributed by atoms with Gasteiger partial charge >= 0.3 is 5.97 Å². The lowest BCUT2D eigenvalue weighted by Crippen LogP contribution is -2.06. The first-order valence-corrected chi connectivity index (χ1v) is 5.89. The molecule has 0 aliphatic carbocycles. The van der Waals surface area contributed by atoms with E-state index in [2.05, 4.69) is 0 Å². The summed E-state index contributed by atoms with van der Waals surface area (Å²) < 4.78 is 23.7. The molecule has 0 aliphatic heterocycles. The van der Waals surface area contributed by atoms with Crippen molar-refractivity contribution in [2.45, 2.75) is 6.61 Å². The molecule has 0 amide bonds. The zero-order valence-corrected chi connectivity index (χ0v) is 10.8. The van der Waals surface area contributed by atoms with E-state index in [0.717, 1.165) is 0 Å². The molecule has 2 aromatic carbocycles. The van der Waals surface area contributed by atoms with Crippen LogP contribution in [0.5, 0.6) is 11.5 Å². The number of aromatic carboxylic acids is 1. The van der Waals surface area contributed by atoms with Gasteiger partial charge in [0.05, 0.1) is 12.7 Å². The summed E-state index contributed by atoms with van der Waals surface area (Å²) in [6.45, 7) is -0.0352. The largest absolute Gasteiger partial charge is 0.497 e. The number of ether oxygens (including phenoxy) is 2. The number of halogens is 1. The molecule has 0 fully saturated rings. The van der Waals surface area contributed by atoms with Crippen molar-refractivity contribution in [3.05, 3.63) is 59.4 Å². The van der Waals surface area contributed by atoms with Gasteiger partial charge in [0.1, 0.15) is 12.4 Å². The summed E-state index contributed by atoms with van der Waals surface area (Å²) in [5.74, 6) is -1.05. The second-order valence-corrected chi connectivity index (χ2v) is 4.05. The minimum Gasteiger partial charge on any atom is -0.497 e. The maximum absolute atomic E-state index is 13.4. The molecule has 1 N–H and O–H groups in total. The quantitative estimate of drug-likeness (QED) is 0.911. The number of rotatable bonds is 5. The van der Waals surface area contributed by atoms with E-state index in [0.29, 0.717) is 11.3 Å². The van der Waals surface area contributed by atoms with Gasteiger partial charge in [0.25, 0.3) is 0 Å². The molecule has 2 aromatic rings. The molecule has 0 unspecified atom stereocenters.